The second-order valence-electron chi connectivity index (χ2n) is 5.26. The monoisotopic (exact) mass is 344 g/mol. The van der Waals surface area contributed by atoms with Crippen LogP contribution in [-0.2, 0) is 0 Å². The first-order chi connectivity index (χ1) is 11.5. The third-order valence-corrected chi connectivity index (χ3v) is 3.87. The second-order valence-corrected chi connectivity index (χ2v) is 5.69. The van der Waals surface area contributed by atoms with Gasteiger partial charge in [-0.15, -0.1) is 0 Å². The number of methoxy groups -OCH3 is 1. The van der Waals surface area contributed by atoms with Crippen molar-refractivity contribution in [3.05, 3.63) is 64.6 Å². The molecule has 1 amide bonds. The normalized spacial score (nSPS) is 10.7. The van der Waals surface area contributed by atoms with E-state index in [4.69, 9.17) is 16.3 Å². The highest BCUT2D eigenvalue weighted by Gasteiger charge is 2.14. The van der Waals surface area contributed by atoms with E-state index in [2.05, 4.69) is 10.3 Å². The predicted molar refractivity (Wildman–Crippen MR) is 92.4 cm³/mol. The van der Waals surface area contributed by atoms with Crippen LogP contribution in [0.3, 0.4) is 0 Å². The zero-order valence-corrected chi connectivity index (χ0v) is 13.8. The molecule has 6 heteroatoms. The van der Waals surface area contributed by atoms with Gasteiger partial charge in [0.25, 0.3) is 5.91 Å². The molecule has 1 aromatic heterocycles. The smallest absolute Gasteiger partial charge is 0.257 e. The van der Waals surface area contributed by atoms with Crippen molar-refractivity contribution >= 4 is 34.1 Å². The first-order valence-corrected chi connectivity index (χ1v) is 7.57. The van der Waals surface area contributed by atoms with E-state index in [1.165, 1.54) is 18.2 Å². The predicted octanol–water partition coefficient (Wildman–Crippen LogP) is 4.60. The number of hydrogen-bond donors (Lipinski definition) is 1. The maximum atomic E-state index is 13.8. The number of amides is 1. The molecule has 0 saturated carbocycles. The molecule has 0 atom stereocenters. The molecule has 122 valence electrons. The topological polar surface area (TPSA) is 51.2 Å². The standard InChI is InChI=1S/C18H14ClFN2O2/c1-10-14(8-11-7-13(24-2)4-6-16(11)21-10)18(23)22-17-9-12(19)3-5-15(17)20/h3-9H,1-2H3,(H,22,23). The number of pyridine rings is 1. The average molecular weight is 345 g/mol. The molecule has 3 rings (SSSR count). The van der Waals surface area contributed by atoms with E-state index in [9.17, 15) is 9.18 Å². The number of carbonyl (C=O) groups is 1. The first kappa shape index (κ1) is 16.2. The number of fused-ring (bicyclic) bond motifs is 1. The summed E-state index contributed by atoms with van der Waals surface area (Å²) < 4.78 is 19.0. The summed E-state index contributed by atoms with van der Waals surface area (Å²) in [5.41, 5.74) is 1.68. The van der Waals surface area contributed by atoms with Crippen LogP contribution in [0.4, 0.5) is 10.1 Å². The molecule has 1 N–H and O–H groups in total. The van der Waals surface area contributed by atoms with E-state index < -0.39 is 11.7 Å². The number of hydrogen-bond acceptors (Lipinski definition) is 3. The van der Waals surface area contributed by atoms with Gasteiger partial charge in [0.1, 0.15) is 11.6 Å². The quantitative estimate of drug-likeness (QED) is 0.755. The highest BCUT2D eigenvalue weighted by Crippen LogP contribution is 2.24. The van der Waals surface area contributed by atoms with Crippen molar-refractivity contribution < 1.29 is 13.9 Å². The second kappa shape index (κ2) is 6.45. The maximum Gasteiger partial charge on any atom is 0.257 e. The Labute approximate surface area is 143 Å². The fraction of sp³-hybridized carbons (Fsp3) is 0.111. The zero-order chi connectivity index (χ0) is 17.3. The van der Waals surface area contributed by atoms with Gasteiger partial charge in [-0.25, -0.2) is 4.39 Å². The summed E-state index contributed by atoms with van der Waals surface area (Å²) in [6.07, 6.45) is 0. The number of rotatable bonds is 3. The zero-order valence-electron chi connectivity index (χ0n) is 13.1. The van der Waals surface area contributed by atoms with Crippen LogP contribution in [0.5, 0.6) is 5.75 Å². The number of nitrogens with zero attached hydrogens (tertiary/aromatic N) is 1. The van der Waals surface area contributed by atoms with Gasteiger partial charge < -0.3 is 10.1 Å². The van der Waals surface area contributed by atoms with Crippen LogP contribution in [0.15, 0.2) is 42.5 Å². The van der Waals surface area contributed by atoms with Crippen molar-refractivity contribution in [3.63, 3.8) is 0 Å². The van der Waals surface area contributed by atoms with E-state index in [1.807, 2.05) is 6.07 Å². The van der Waals surface area contributed by atoms with Crippen molar-refractivity contribution in [1.82, 2.24) is 4.98 Å². The molecule has 0 aliphatic heterocycles. The number of aromatic nitrogens is 1. The Morgan fingerprint density at radius 3 is 2.75 bits per heavy atom. The fourth-order valence-corrected chi connectivity index (χ4v) is 2.56. The summed E-state index contributed by atoms with van der Waals surface area (Å²) in [6, 6.07) is 11.1. The van der Waals surface area contributed by atoms with Crippen molar-refractivity contribution in [2.75, 3.05) is 12.4 Å². The number of nitrogens with one attached hydrogen (secondary N) is 1. The molecule has 24 heavy (non-hydrogen) atoms. The number of carbonyl (C=O) groups excluding carboxylic acids is 1. The van der Waals surface area contributed by atoms with Crippen molar-refractivity contribution in [2.45, 2.75) is 6.92 Å². The lowest BCUT2D eigenvalue weighted by Gasteiger charge is -2.10. The molecule has 0 bridgehead atoms. The van der Waals surface area contributed by atoms with Crippen LogP contribution in [-0.4, -0.2) is 18.0 Å². The van der Waals surface area contributed by atoms with Crippen molar-refractivity contribution in [1.29, 1.82) is 0 Å². The maximum absolute atomic E-state index is 13.8. The number of ether oxygens (including phenoxy) is 1. The number of anilines is 1. The van der Waals surface area contributed by atoms with Crippen LogP contribution in [0, 0.1) is 12.7 Å². The van der Waals surface area contributed by atoms with Crippen LogP contribution in [0.1, 0.15) is 16.1 Å². The van der Waals surface area contributed by atoms with Gasteiger partial charge >= 0.3 is 0 Å². The number of benzene rings is 2. The molecule has 0 aliphatic rings. The van der Waals surface area contributed by atoms with Gasteiger partial charge in [0.15, 0.2) is 0 Å². The highest BCUT2D eigenvalue weighted by molar-refractivity contribution is 6.31. The van der Waals surface area contributed by atoms with E-state index in [0.29, 0.717) is 22.0 Å². The Bertz CT molecular complexity index is 944. The molecule has 0 aliphatic carbocycles. The van der Waals surface area contributed by atoms with Gasteiger partial charge in [-0.3, -0.25) is 9.78 Å². The summed E-state index contributed by atoms with van der Waals surface area (Å²) in [6.45, 7) is 1.73. The average Bonchev–Trinajstić information content (AvgIpc) is 2.57. The Kier molecular flexibility index (Phi) is 4.36. The lowest BCUT2D eigenvalue weighted by atomic mass is 10.1. The molecule has 4 nitrogen and oxygen atoms in total. The summed E-state index contributed by atoms with van der Waals surface area (Å²) in [4.78, 5) is 16.9. The van der Waals surface area contributed by atoms with Gasteiger partial charge in [-0.2, -0.15) is 0 Å². The van der Waals surface area contributed by atoms with Crippen LogP contribution in [0.25, 0.3) is 10.9 Å². The Morgan fingerprint density at radius 1 is 1.21 bits per heavy atom. The number of halogens is 2. The van der Waals surface area contributed by atoms with Gasteiger partial charge in [0.2, 0.25) is 0 Å². The summed E-state index contributed by atoms with van der Waals surface area (Å²) in [7, 11) is 1.57. The minimum atomic E-state index is -0.555. The lowest BCUT2D eigenvalue weighted by molar-refractivity contribution is 0.102. The Hall–Kier alpha value is -2.66. The largest absolute Gasteiger partial charge is 0.497 e. The van der Waals surface area contributed by atoms with Crippen molar-refractivity contribution in [3.8, 4) is 5.75 Å². The van der Waals surface area contributed by atoms with Crippen LogP contribution in [0.2, 0.25) is 5.02 Å². The third-order valence-electron chi connectivity index (χ3n) is 3.63. The van der Waals surface area contributed by atoms with E-state index >= 15 is 0 Å². The van der Waals surface area contributed by atoms with Crippen molar-refractivity contribution in [2.24, 2.45) is 0 Å². The van der Waals surface area contributed by atoms with Crippen LogP contribution < -0.4 is 10.1 Å². The number of aryl methyl sites for hydroxylation is 1. The fourth-order valence-electron chi connectivity index (χ4n) is 2.39. The molecular formula is C18H14ClFN2O2. The van der Waals surface area contributed by atoms with Gasteiger partial charge in [0.05, 0.1) is 29.6 Å². The molecule has 2 aromatic carbocycles. The molecule has 1 heterocycles. The molecule has 0 fully saturated rings. The molecule has 3 aromatic rings. The summed E-state index contributed by atoms with van der Waals surface area (Å²) in [5.74, 6) is -0.341. The molecule has 0 saturated heterocycles. The highest BCUT2D eigenvalue weighted by atomic mass is 35.5. The third kappa shape index (κ3) is 3.16. The van der Waals surface area contributed by atoms with Gasteiger partial charge in [0, 0.05) is 10.4 Å². The minimum absolute atomic E-state index is 0.0256. The molecular weight excluding hydrogens is 331 g/mol. The first-order valence-electron chi connectivity index (χ1n) is 7.20. The molecule has 0 spiro atoms. The molecule has 0 radical (unpaired) electrons. The van der Waals surface area contributed by atoms with E-state index in [-0.39, 0.29) is 5.69 Å². The van der Waals surface area contributed by atoms with Gasteiger partial charge in [-0.05, 0) is 49.4 Å². The van der Waals surface area contributed by atoms with E-state index in [1.54, 1.807) is 32.2 Å². The lowest BCUT2D eigenvalue weighted by Crippen LogP contribution is -2.15. The van der Waals surface area contributed by atoms with Crippen LogP contribution >= 0.6 is 11.6 Å². The van der Waals surface area contributed by atoms with E-state index in [0.717, 1.165) is 10.9 Å². The Balaban J connectivity index is 1.99. The Morgan fingerprint density at radius 2 is 2.00 bits per heavy atom. The summed E-state index contributed by atoms with van der Waals surface area (Å²) >= 11 is 5.84. The van der Waals surface area contributed by atoms with Gasteiger partial charge in [-0.1, -0.05) is 11.6 Å². The minimum Gasteiger partial charge on any atom is -0.497 e. The molecule has 0 unspecified atom stereocenters. The summed E-state index contributed by atoms with van der Waals surface area (Å²) in [5, 5.41) is 3.63. The SMILES string of the molecule is COc1ccc2nc(C)c(C(=O)Nc3cc(Cl)ccc3F)cc2c1.